The number of carbonyl (C=O) groups is 3. The molecule has 6 atom stereocenters. The molecule has 0 bridgehead atoms. The largest absolute Gasteiger partial charge is 0.510 e. The van der Waals surface area contributed by atoms with Crippen LogP contribution < -0.4 is 5.32 Å². The number of nitrogens with zero attached hydrogens (tertiary/aromatic N) is 1. The van der Waals surface area contributed by atoms with Crippen LogP contribution in [-0.4, -0.2) is 85.3 Å². The lowest BCUT2D eigenvalue weighted by Gasteiger charge is -2.53. The molecule has 6 N–H and O–H groups in total. The average Bonchev–Trinajstić information content (AvgIpc) is 2.80. The van der Waals surface area contributed by atoms with Gasteiger partial charge in [0.25, 0.3) is 5.91 Å². The highest BCUT2D eigenvalue weighted by atomic mass is 16.4. The zero-order valence-corrected chi connectivity index (χ0v) is 22.4. The number of rotatable bonds is 5. The highest BCUT2D eigenvalue weighted by Gasteiger charge is 2.67. The molecule has 1 amide bonds. The lowest BCUT2D eigenvalue weighted by atomic mass is 9.55. The summed E-state index contributed by atoms with van der Waals surface area (Å²) in [4.78, 5) is 42.2. The molecule has 10 nitrogen and oxygen atoms in total. The second kappa shape index (κ2) is 9.21. The summed E-state index contributed by atoms with van der Waals surface area (Å²) in [6.07, 6.45) is -0.288. The molecule has 0 aliphatic heterocycles. The second-order valence-electron chi connectivity index (χ2n) is 11.5. The summed E-state index contributed by atoms with van der Waals surface area (Å²) in [6.45, 7) is 7.13. The van der Waals surface area contributed by atoms with Gasteiger partial charge in [0.15, 0.2) is 11.4 Å². The maximum Gasteiger partial charge on any atom is 0.258 e. The number of carbonyl (C=O) groups excluding carboxylic acids is 3. The number of phenolic OH excluding ortho intramolecular Hbond substituents is 1. The van der Waals surface area contributed by atoms with Gasteiger partial charge in [0.05, 0.1) is 23.6 Å². The van der Waals surface area contributed by atoms with E-state index in [1.807, 2.05) is 6.92 Å². The van der Waals surface area contributed by atoms with Crippen LogP contribution in [0.4, 0.5) is 0 Å². The molecule has 206 valence electrons. The summed E-state index contributed by atoms with van der Waals surface area (Å²) < 4.78 is 0. The number of aliphatic hydroxyl groups is 4. The SMILES string of the molecule is CCCC(C)(C)NC(=O)C1=C(O)[C@H](N(C)C)[C@H]2[C@H](O)[C@@H]3C(=C(O)[C@]2(O)C1=O)C(=O)c1c(O)cccc1[C@@H]3C. The van der Waals surface area contributed by atoms with Crippen LogP contribution in [0.3, 0.4) is 0 Å². The number of aliphatic hydroxyl groups excluding tert-OH is 3. The van der Waals surface area contributed by atoms with Crippen LogP contribution in [0.25, 0.3) is 0 Å². The molecule has 0 aromatic heterocycles. The van der Waals surface area contributed by atoms with Crippen molar-refractivity contribution < 1.29 is 39.9 Å². The van der Waals surface area contributed by atoms with Crippen LogP contribution in [-0.2, 0) is 9.59 Å². The number of fused-ring (bicyclic) bond motifs is 3. The molecule has 0 unspecified atom stereocenters. The third kappa shape index (κ3) is 3.77. The highest BCUT2D eigenvalue weighted by molar-refractivity contribution is 6.25. The number of aromatic hydroxyl groups is 1. The molecule has 38 heavy (non-hydrogen) atoms. The number of likely N-dealkylation sites (N-methyl/N-ethyl adjacent to an activating group) is 1. The first-order valence-electron chi connectivity index (χ1n) is 12.8. The Hall–Kier alpha value is -3.21. The fourth-order valence-corrected chi connectivity index (χ4v) is 6.62. The van der Waals surface area contributed by atoms with Crippen molar-refractivity contribution in [2.24, 2.45) is 11.8 Å². The molecule has 0 saturated heterocycles. The molecular weight excluding hydrogens is 492 g/mol. The minimum absolute atomic E-state index is 0.0860. The molecule has 0 heterocycles. The number of hydrogen-bond donors (Lipinski definition) is 6. The first-order valence-corrected chi connectivity index (χ1v) is 12.8. The molecule has 4 rings (SSSR count). The molecule has 10 heteroatoms. The Morgan fingerprint density at radius 3 is 2.37 bits per heavy atom. The van der Waals surface area contributed by atoms with Crippen LogP contribution in [0.2, 0.25) is 0 Å². The van der Waals surface area contributed by atoms with Gasteiger partial charge in [-0.25, -0.2) is 0 Å². The summed E-state index contributed by atoms with van der Waals surface area (Å²) in [6, 6.07) is 3.25. The Labute approximate surface area is 221 Å². The smallest absolute Gasteiger partial charge is 0.258 e. The van der Waals surface area contributed by atoms with Gasteiger partial charge in [-0.2, -0.15) is 0 Å². The van der Waals surface area contributed by atoms with Crippen molar-refractivity contribution in [3.05, 3.63) is 52.0 Å². The first-order chi connectivity index (χ1) is 17.6. The summed E-state index contributed by atoms with van der Waals surface area (Å²) in [5.74, 6) is -8.19. The van der Waals surface area contributed by atoms with E-state index in [9.17, 15) is 39.9 Å². The van der Waals surface area contributed by atoms with Gasteiger partial charge in [-0.1, -0.05) is 32.4 Å². The lowest BCUT2D eigenvalue weighted by Crippen LogP contribution is -2.68. The van der Waals surface area contributed by atoms with Crippen molar-refractivity contribution in [2.45, 2.75) is 69.7 Å². The Balaban J connectivity index is 1.95. The summed E-state index contributed by atoms with van der Waals surface area (Å²) in [5, 5.41) is 59.5. The molecule has 0 spiro atoms. The van der Waals surface area contributed by atoms with E-state index in [2.05, 4.69) is 5.32 Å². The Bertz CT molecular complexity index is 1280. The van der Waals surface area contributed by atoms with E-state index in [-0.39, 0.29) is 11.3 Å². The summed E-state index contributed by atoms with van der Waals surface area (Å²) in [5.41, 5.74) is -4.41. The number of ketones is 2. The van der Waals surface area contributed by atoms with Crippen LogP contribution in [0.15, 0.2) is 40.9 Å². The Morgan fingerprint density at radius 2 is 1.79 bits per heavy atom. The minimum Gasteiger partial charge on any atom is -0.510 e. The van der Waals surface area contributed by atoms with E-state index in [0.29, 0.717) is 12.0 Å². The molecular formula is C28H36N2O8. The summed E-state index contributed by atoms with van der Waals surface area (Å²) in [7, 11) is 3.08. The molecule has 0 saturated carbocycles. The van der Waals surface area contributed by atoms with Crippen molar-refractivity contribution in [2.75, 3.05) is 14.1 Å². The van der Waals surface area contributed by atoms with Crippen LogP contribution in [0, 0.1) is 11.8 Å². The van der Waals surface area contributed by atoms with Crippen LogP contribution in [0.5, 0.6) is 5.75 Å². The van der Waals surface area contributed by atoms with Gasteiger partial charge in [-0.05, 0) is 51.9 Å². The maximum atomic E-state index is 13.9. The van der Waals surface area contributed by atoms with Crippen molar-refractivity contribution in [1.29, 1.82) is 0 Å². The van der Waals surface area contributed by atoms with Gasteiger partial charge >= 0.3 is 0 Å². The molecule has 1 aromatic carbocycles. The van der Waals surface area contributed by atoms with E-state index < -0.39 is 81.2 Å². The number of benzene rings is 1. The van der Waals surface area contributed by atoms with Crippen molar-refractivity contribution in [3.8, 4) is 5.75 Å². The van der Waals surface area contributed by atoms with Gasteiger partial charge in [0, 0.05) is 17.0 Å². The molecule has 3 aliphatic carbocycles. The third-order valence-corrected chi connectivity index (χ3v) is 8.30. The predicted octanol–water partition coefficient (Wildman–Crippen LogP) is 1.86. The van der Waals surface area contributed by atoms with E-state index in [1.165, 1.54) is 11.0 Å². The van der Waals surface area contributed by atoms with Crippen molar-refractivity contribution >= 4 is 17.5 Å². The zero-order chi connectivity index (χ0) is 28.5. The second-order valence-corrected chi connectivity index (χ2v) is 11.5. The van der Waals surface area contributed by atoms with E-state index in [1.54, 1.807) is 47.0 Å². The van der Waals surface area contributed by atoms with E-state index >= 15 is 0 Å². The maximum absolute atomic E-state index is 13.9. The Kier molecular flexibility index (Phi) is 6.75. The predicted molar refractivity (Wildman–Crippen MR) is 138 cm³/mol. The van der Waals surface area contributed by atoms with Gasteiger partial charge in [0.2, 0.25) is 5.78 Å². The molecule has 0 radical (unpaired) electrons. The number of Topliss-reactive ketones (excluding diaryl/α,β-unsaturated/α-hetero) is 2. The lowest BCUT2D eigenvalue weighted by molar-refractivity contribution is -0.162. The first kappa shape index (κ1) is 27.8. The zero-order valence-electron chi connectivity index (χ0n) is 22.4. The number of hydrogen-bond acceptors (Lipinski definition) is 9. The average molecular weight is 529 g/mol. The highest BCUT2D eigenvalue weighted by Crippen LogP contribution is 2.55. The van der Waals surface area contributed by atoms with Crippen LogP contribution in [0.1, 0.15) is 62.4 Å². The fourth-order valence-electron chi connectivity index (χ4n) is 6.62. The number of phenols is 1. The van der Waals surface area contributed by atoms with Crippen LogP contribution >= 0.6 is 0 Å². The monoisotopic (exact) mass is 528 g/mol. The van der Waals surface area contributed by atoms with Gasteiger partial charge in [-0.3, -0.25) is 19.3 Å². The third-order valence-electron chi connectivity index (χ3n) is 8.30. The summed E-state index contributed by atoms with van der Waals surface area (Å²) >= 11 is 0. The quantitative estimate of drug-likeness (QED) is 0.313. The van der Waals surface area contributed by atoms with E-state index in [0.717, 1.165) is 6.42 Å². The molecule has 3 aliphatic rings. The van der Waals surface area contributed by atoms with E-state index in [4.69, 9.17) is 0 Å². The van der Waals surface area contributed by atoms with Gasteiger partial charge in [-0.15, -0.1) is 0 Å². The van der Waals surface area contributed by atoms with Crippen molar-refractivity contribution in [3.63, 3.8) is 0 Å². The number of amides is 1. The molecule has 0 fully saturated rings. The minimum atomic E-state index is -2.88. The normalized spacial score (nSPS) is 31.2. The number of nitrogens with one attached hydrogen (secondary N) is 1. The fraction of sp³-hybridized carbons (Fsp3) is 0.536. The van der Waals surface area contributed by atoms with Gasteiger partial charge < -0.3 is 30.8 Å². The standard InChI is InChI=1S/C28H36N2O8/c1-7-11-27(3,4)29-26(37)18-23(34)20(30(5)6)19-22(33)15-12(2)13-9-8-10-14(31)16(13)21(32)17(15)24(35)28(19,38)25(18)36/h8-10,12,15,19-20,22,31,33-35,38H,7,11H2,1-6H3,(H,29,37)/t12-,15-,19-,20+,22+,28-/m0/s1. The van der Waals surface area contributed by atoms with Gasteiger partial charge in [0.1, 0.15) is 22.8 Å². The Morgan fingerprint density at radius 1 is 1.16 bits per heavy atom. The topological polar surface area (TPSA) is 168 Å². The molecule has 1 aromatic rings. The van der Waals surface area contributed by atoms with Crippen molar-refractivity contribution in [1.82, 2.24) is 10.2 Å².